The van der Waals surface area contributed by atoms with Gasteiger partial charge in [0.05, 0.1) is 0 Å². The highest BCUT2D eigenvalue weighted by Gasteiger charge is 2.43. The van der Waals surface area contributed by atoms with E-state index in [9.17, 15) is 4.79 Å². The number of anilines is 1. The minimum atomic E-state index is 0.0921. The summed E-state index contributed by atoms with van der Waals surface area (Å²) >= 11 is 3.48. The van der Waals surface area contributed by atoms with Crippen LogP contribution in [0.5, 0.6) is 0 Å². The maximum atomic E-state index is 12.5. The maximum absolute atomic E-state index is 12.5. The molecule has 3 heteroatoms. The van der Waals surface area contributed by atoms with E-state index in [0.29, 0.717) is 5.92 Å². The van der Waals surface area contributed by atoms with E-state index in [1.54, 1.807) is 0 Å². The number of hydrogen-bond acceptors (Lipinski definition) is 1. The second-order valence-corrected chi connectivity index (χ2v) is 8.63. The molecule has 1 fully saturated rings. The first-order chi connectivity index (χ1) is 11.3. The summed E-state index contributed by atoms with van der Waals surface area (Å²) in [5.74, 6) is 0.576. The van der Waals surface area contributed by atoms with Gasteiger partial charge in [0.2, 0.25) is 5.91 Å². The smallest absolute Gasteiger partial charge is 0.228 e. The molecule has 1 N–H and O–H groups in total. The molecule has 0 unspecified atom stereocenters. The molecule has 1 aliphatic carbocycles. The van der Waals surface area contributed by atoms with Crippen LogP contribution < -0.4 is 5.32 Å². The molecule has 2 nitrogen and oxygen atoms in total. The molecule has 1 saturated carbocycles. The molecule has 0 aromatic heterocycles. The molecule has 0 heterocycles. The Balaban J connectivity index is 1.64. The molecule has 1 aliphatic rings. The highest BCUT2D eigenvalue weighted by atomic mass is 79.9. The summed E-state index contributed by atoms with van der Waals surface area (Å²) in [5.41, 5.74) is 4.76. The van der Waals surface area contributed by atoms with Crippen molar-refractivity contribution in [2.24, 2.45) is 5.92 Å². The third kappa shape index (κ3) is 3.72. The number of rotatable bonds is 3. The fourth-order valence-electron chi connectivity index (χ4n) is 3.04. The Labute approximate surface area is 152 Å². The van der Waals surface area contributed by atoms with Crippen molar-refractivity contribution < 1.29 is 4.79 Å². The van der Waals surface area contributed by atoms with Gasteiger partial charge in [-0.3, -0.25) is 4.79 Å². The van der Waals surface area contributed by atoms with Crippen molar-refractivity contribution in [3.8, 4) is 0 Å². The molecule has 0 saturated heterocycles. The van der Waals surface area contributed by atoms with Crippen LogP contribution in [0.2, 0.25) is 0 Å². The molecule has 0 aliphatic heterocycles. The number of aryl methyl sites for hydroxylation is 1. The van der Waals surface area contributed by atoms with Crippen LogP contribution in [-0.2, 0) is 10.2 Å². The largest absolute Gasteiger partial charge is 0.326 e. The number of nitrogens with one attached hydrogen (secondary N) is 1. The van der Waals surface area contributed by atoms with E-state index in [1.165, 1.54) is 11.1 Å². The SMILES string of the molecule is Cc1cc(NC(=O)[C@H]2C[C@H]2c2ccc(C(C)(C)C)cc2)ccc1Br. The molecule has 2 aromatic carbocycles. The second kappa shape index (κ2) is 6.36. The van der Waals surface area contributed by atoms with E-state index < -0.39 is 0 Å². The quantitative estimate of drug-likeness (QED) is 0.710. The van der Waals surface area contributed by atoms with E-state index >= 15 is 0 Å². The Kier molecular flexibility index (Phi) is 4.56. The molecule has 0 radical (unpaired) electrons. The first-order valence-corrected chi connectivity index (χ1v) is 9.22. The first-order valence-electron chi connectivity index (χ1n) is 8.43. The summed E-state index contributed by atoms with van der Waals surface area (Å²) in [4.78, 5) is 12.5. The predicted octanol–water partition coefficient (Wildman–Crippen LogP) is 5.80. The maximum Gasteiger partial charge on any atom is 0.228 e. The standard InChI is InChI=1S/C21H24BrNO/c1-13-11-16(9-10-19(13)22)23-20(24)18-12-17(18)14-5-7-15(8-6-14)21(2,3)4/h5-11,17-18H,12H2,1-4H3,(H,23,24)/t17-,18-/m0/s1. The van der Waals surface area contributed by atoms with Gasteiger partial charge in [-0.25, -0.2) is 0 Å². The lowest BCUT2D eigenvalue weighted by Crippen LogP contribution is -2.14. The Morgan fingerprint density at radius 1 is 1.12 bits per heavy atom. The number of benzene rings is 2. The predicted molar refractivity (Wildman–Crippen MR) is 103 cm³/mol. The lowest BCUT2D eigenvalue weighted by atomic mass is 9.86. The zero-order valence-electron chi connectivity index (χ0n) is 14.7. The van der Waals surface area contributed by atoms with E-state index in [4.69, 9.17) is 0 Å². The summed E-state index contributed by atoms with van der Waals surface area (Å²) in [7, 11) is 0. The fourth-order valence-corrected chi connectivity index (χ4v) is 3.29. The van der Waals surface area contributed by atoms with Crippen LogP contribution in [0.4, 0.5) is 5.69 Å². The van der Waals surface area contributed by atoms with Crippen LogP contribution in [0.3, 0.4) is 0 Å². The normalized spacial score (nSPS) is 19.9. The van der Waals surface area contributed by atoms with Gasteiger partial charge in [-0.2, -0.15) is 0 Å². The Morgan fingerprint density at radius 3 is 2.38 bits per heavy atom. The van der Waals surface area contributed by atoms with E-state index in [-0.39, 0.29) is 17.2 Å². The van der Waals surface area contributed by atoms with E-state index in [1.807, 2.05) is 25.1 Å². The van der Waals surface area contributed by atoms with Crippen molar-refractivity contribution in [3.63, 3.8) is 0 Å². The summed E-state index contributed by atoms with van der Waals surface area (Å²) < 4.78 is 1.06. The lowest BCUT2D eigenvalue weighted by molar-refractivity contribution is -0.117. The minimum Gasteiger partial charge on any atom is -0.326 e. The molecular formula is C21H24BrNO. The number of carbonyl (C=O) groups excluding carboxylic acids is 1. The van der Waals surface area contributed by atoms with Crippen molar-refractivity contribution >= 4 is 27.5 Å². The zero-order valence-corrected chi connectivity index (χ0v) is 16.3. The van der Waals surface area contributed by atoms with Gasteiger partial charge in [0.1, 0.15) is 0 Å². The molecule has 0 spiro atoms. The molecule has 3 rings (SSSR count). The fraction of sp³-hybridized carbons (Fsp3) is 0.381. The van der Waals surface area contributed by atoms with Crippen LogP contribution in [0.25, 0.3) is 0 Å². The van der Waals surface area contributed by atoms with Crippen molar-refractivity contribution in [2.45, 2.75) is 45.4 Å². The van der Waals surface area contributed by atoms with Crippen LogP contribution in [0.1, 0.15) is 49.8 Å². The van der Waals surface area contributed by atoms with Gasteiger partial charge >= 0.3 is 0 Å². The van der Waals surface area contributed by atoms with E-state index in [0.717, 1.165) is 22.1 Å². The summed E-state index contributed by atoms with van der Waals surface area (Å²) in [6.45, 7) is 8.68. The molecule has 2 aromatic rings. The number of amides is 1. The average molecular weight is 386 g/mol. The van der Waals surface area contributed by atoms with Crippen molar-refractivity contribution in [2.75, 3.05) is 5.32 Å². The molecular weight excluding hydrogens is 362 g/mol. The van der Waals surface area contributed by atoms with Crippen LogP contribution >= 0.6 is 15.9 Å². The van der Waals surface area contributed by atoms with Gasteiger partial charge in [0.15, 0.2) is 0 Å². The summed E-state index contributed by atoms with van der Waals surface area (Å²) in [6, 6.07) is 14.7. The molecule has 24 heavy (non-hydrogen) atoms. The van der Waals surface area contributed by atoms with Gasteiger partial charge in [0.25, 0.3) is 0 Å². The van der Waals surface area contributed by atoms with Gasteiger partial charge in [-0.15, -0.1) is 0 Å². The number of hydrogen-bond donors (Lipinski definition) is 1. The second-order valence-electron chi connectivity index (χ2n) is 7.77. The van der Waals surface area contributed by atoms with Crippen LogP contribution in [0, 0.1) is 12.8 Å². The van der Waals surface area contributed by atoms with Crippen molar-refractivity contribution in [3.05, 3.63) is 63.6 Å². The topological polar surface area (TPSA) is 29.1 Å². The van der Waals surface area contributed by atoms with Crippen molar-refractivity contribution in [1.82, 2.24) is 0 Å². The van der Waals surface area contributed by atoms with Gasteiger partial charge < -0.3 is 5.32 Å². The monoisotopic (exact) mass is 385 g/mol. The molecule has 2 atom stereocenters. The Hall–Kier alpha value is -1.61. The summed E-state index contributed by atoms with van der Waals surface area (Å²) in [5, 5.41) is 3.05. The lowest BCUT2D eigenvalue weighted by Gasteiger charge is -2.19. The highest BCUT2D eigenvalue weighted by molar-refractivity contribution is 9.10. The molecule has 126 valence electrons. The Bertz CT molecular complexity index is 758. The van der Waals surface area contributed by atoms with Crippen molar-refractivity contribution in [1.29, 1.82) is 0 Å². The number of carbonyl (C=O) groups is 1. The van der Waals surface area contributed by atoms with Gasteiger partial charge in [-0.1, -0.05) is 61.0 Å². The molecule has 0 bridgehead atoms. The zero-order chi connectivity index (χ0) is 17.5. The first kappa shape index (κ1) is 17.2. The minimum absolute atomic E-state index is 0.0921. The highest BCUT2D eigenvalue weighted by Crippen LogP contribution is 2.48. The van der Waals surface area contributed by atoms with Crippen LogP contribution in [-0.4, -0.2) is 5.91 Å². The third-order valence-electron chi connectivity index (χ3n) is 4.76. The average Bonchev–Trinajstić information content (AvgIpc) is 3.31. The third-order valence-corrected chi connectivity index (χ3v) is 5.65. The van der Waals surface area contributed by atoms with Gasteiger partial charge in [-0.05, 0) is 59.6 Å². The Morgan fingerprint density at radius 2 is 1.79 bits per heavy atom. The van der Waals surface area contributed by atoms with Crippen LogP contribution in [0.15, 0.2) is 46.9 Å². The van der Waals surface area contributed by atoms with Gasteiger partial charge in [0, 0.05) is 16.1 Å². The summed E-state index contributed by atoms with van der Waals surface area (Å²) in [6.07, 6.45) is 0.941. The number of halogens is 1. The molecule has 1 amide bonds. The van der Waals surface area contributed by atoms with E-state index in [2.05, 4.69) is 66.3 Å².